The fourth-order valence-electron chi connectivity index (χ4n) is 1.94. The van der Waals surface area contributed by atoms with E-state index in [1.165, 1.54) is 4.90 Å². The van der Waals surface area contributed by atoms with E-state index in [4.69, 9.17) is 0 Å². The number of urea groups is 2. The standard InChI is InChI=1S/C10H17N5O3/c1-3-5(2)11-6(16)4-15-8-7(13-10(15)18)12-9(17)14-8/h5,7-8H,3-4H2,1-2H3,(H,11,16)(H,13,18)(H2,12,14,17)/t5-,7-,8-/m0/s1. The molecular formula is C10H17N5O3. The average Bonchev–Trinajstić information content (AvgIpc) is 2.77. The molecule has 2 heterocycles. The maximum absolute atomic E-state index is 11.7. The van der Waals surface area contributed by atoms with E-state index in [0.29, 0.717) is 0 Å². The molecule has 2 fully saturated rings. The van der Waals surface area contributed by atoms with Gasteiger partial charge in [0.25, 0.3) is 0 Å². The molecule has 2 aliphatic rings. The van der Waals surface area contributed by atoms with Gasteiger partial charge < -0.3 is 21.3 Å². The monoisotopic (exact) mass is 255 g/mol. The summed E-state index contributed by atoms with van der Waals surface area (Å²) in [6, 6.07) is -0.649. The molecule has 2 rings (SSSR count). The van der Waals surface area contributed by atoms with Crippen LogP contribution in [-0.2, 0) is 4.79 Å². The van der Waals surface area contributed by atoms with Crippen LogP contribution in [0.15, 0.2) is 0 Å². The Morgan fingerprint density at radius 3 is 2.78 bits per heavy atom. The van der Waals surface area contributed by atoms with E-state index in [0.717, 1.165) is 6.42 Å². The Bertz CT molecular complexity index is 386. The van der Waals surface area contributed by atoms with Gasteiger partial charge in [-0.25, -0.2) is 9.59 Å². The third-order valence-corrected chi connectivity index (χ3v) is 3.09. The van der Waals surface area contributed by atoms with Gasteiger partial charge in [0.05, 0.1) is 0 Å². The van der Waals surface area contributed by atoms with Gasteiger partial charge in [0.2, 0.25) is 5.91 Å². The highest BCUT2D eigenvalue weighted by atomic mass is 16.2. The maximum Gasteiger partial charge on any atom is 0.321 e. The SMILES string of the molecule is CC[C@H](C)NC(=O)CN1C(=O)N[C@@H]2NC(=O)N[C@H]21. The zero-order chi connectivity index (χ0) is 13.3. The molecule has 4 N–H and O–H groups in total. The summed E-state index contributed by atoms with van der Waals surface area (Å²) in [5.74, 6) is -0.235. The summed E-state index contributed by atoms with van der Waals surface area (Å²) >= 11 is 0. The van der Waals surface area contributed by atoms with Crippen LogP contribution in [-0.4, -0.2) is 47.8 Å². The van der Waals surface area contributed by atoms with Crippen LogP contribution in [0, 0.1) is 0 Å². The highest BCUT2D eigenvalue weighted by Gasteiger charge is 2.45. The summed E-state index contributed by atoms with van der Waals surface area (Å²) in [6.45, 7) is 3.79. The summed E-state index contributed by atoms with van der Waals surface area (Å²) < 4.78 is 0. The number of rotatable bonds is 4. The van der Waals surface area contributed by atoms with Crippen LogP contribution in [0.25, 0.3) is 0 Å². The van der Waals surface area contributed by atoms with Crippen molar-refractivity contribution in [2.75, 3.05) is 6.54 Å². The molecule has 2 saturated heterocycles. The predicted molar refractivity (Wildman–Crippen MR) is 62.4 cm³/mol. The zero-order valence-corrected chi connectivity index (χ0v) is 10.3. The quantitative estimate of drug-likeness (QED) is 0.512. The van der Waals surface area contributed by atoms with Crippen LogP contribution in [0.5, 0.6) is 0 Å². The minimum atomic E-state index is -0.507. The Kier molecular flexibility index (Phi) is 3.26. The first-order valence-electron chi connectivity index (χ1n) is 5.94. The summed E-state index contributed by atoms with van der Waals surface area (Å²) in [5, 5.41) is 10.5. The van der Waals surface area contributed by atoms with Crippen molar-refractivity contribution in [2.45, 2.75) is 38.6 Å². The number of amides is 5. The Balaban J connectivity index is 1.94. The molecule has 0 aromatic carbocycles. The number of fused-ring (bicyclic) bond motifs is 1. The first-order valence-corrected chi connectivity index (χ1v) is 5.94. The Morgan fingerprint density at radius 1 is 1.39 bits per heavy atom. The van der Waals surface area contributed by atoms with Crippen molar-refractivity contribution in [3.63, 3.8) is 0 Å². The van der Waals surface area contributed by atoms with Gasteiger partial charge >= 0.3 is 12.1 Å². The minimum Gasteiger partial charge on any atom is -0.352 e. The van der Waals surface area contributed by atoms with E-state index >= 15 is 0 Å². The lowest BCUT2D eigenvalue weighted by molar-refractivity contribution is -0.122. The van der Waals surface area contributed by atoms with Gasteiger partial charge in [0.15, 0.2) is 0 Å². The molecule has 0 bridgehead atoms. The Labute approximate surface area is 104 Å². The lowest BCUT2D eigenvalue weighted by atomic mass is 10.2. The van der Waals surface area contributed by atoms with Crippen LogP contribution in [0.3, 0.4) is 0 Å². The third kappa shape index (κ3) is 2.31. The van der Waals surface area contributed by atoms with E-state index in [1.807, 2.05) is 13.8 Å². The van der Waals surface area contributed by atoms with Gasteiger partial charge in [-0.15, -0.1) is 0 Å². The molecule has 0 aliphatic carbocycles. The molecule has 0 unspecified atom stereocenters. The molecule has 0 aromatic heterocycles. The van der Waals surface area contributed by atoms with E-state index in [9.17, 15) is 14.4 Å². The van der Waals surface area contributed by atoms with E-state index in [2.05, 4.69) is 21.3 Å². The van der Waals surface area contributed by atoms with Gasteiger partial charge in [-0.2, -0.15) is 0 Å². The first kappa shape index (κ1) is 12.5. The lowest BCUT2D eigenvalue weighted by Gasteiger charge is -2.21. The summed E-state index contributed by atoms with van der Waals surface area (Å²) in [4.78, 5) is 35.8. The predicted octanol–water partition coefficient (Wildman–Crippen LogP) is -1.11. The van der Waals surface area contributed by atoms with Crippen LogP contribution >= 0.6 is 0 Å². The zero-order valence-electron chi connectivity index (χ0n) is 10.3. The number of hydrogen-bond donors (Lipinski definition) is 4. The number of carbonyl (C=O) groups is 3. The van der Waals surface area contributed by atoms with Crippen molar-refractivity contribution in [3.8, 4) is 0 Å². The number of hydrogen-bond acceptors (Lipinski definition) is 3. The van der Waals surface area contributed by atoms with Gasteiger partial charge in [-0.1, -0.05) is 6.92 Å². The second-order valence-electron chi connectivity index (χ2n) is 4.49. The normalized spacial score (nSPS) is 27.1. The molecule has 100 valence electrons. The van der Waals surface area contributed by atoms with Crippen molar-refractivity contribution >= 4 is 18.0 Å². The van der Waals surface area contributed by atoms with Crippen molar-refractivity contribution < 1.29 is 14.4 Å². The molecule has 18 heavy (non-hydrogen) atoms. The molecular weight excluding hydrogens is 238 g/mol. The Morgan fingerprint density at radius 2 is 2.11 bits per heavy atom. The van der Waals surface area contributed by atoms with E-state index in [1.54, 1.807) is 0 Å². The average molecular weight is 255 g/mol. The molecule has 0 saturated carbocycles. The number of nitrogens with zero attached hydrogens (tertiary/aromatic N) is 1. The summed E-state index contributed by atoms with van der Waals surface area (Å²) in [6.07, 6.45) is -0.156. The largest absolute Gasteiger partial charge is 0.352 e. The summed E-state index contributed by atoms with van der Waals surface area (Å²) in [7, 11) is 0. The smallest absolute Gasteiger partial charge is 0.321 e. The first-order chi connectivity index (χ1) is 8.51. The molecule has 8 heteroatoms. The molecule has 8 nitrogen and oxygen atoms in total. The highest BCUT2D eigenvalue weighted by molar-refractivity contribution is 5.88. The van der Waals surface area contributed by atoms with Crippen molar-refractivity contribution in [1.82, 2.24) is 26.2 Å². The number of nitrogens with one attached hydrogen (secondary N) is 4. The van der Waals surface area contributed by atoms with Crippen molar-refractivity contribution in [2.24, 2.45) is 0 Å². The van der Waals surface area contributed by atoms with E-state index in [-0.39, 0.29) is 30.6 Å². The fraction of sp³-hybridized carbons (Fsp3) is 0.700. The second kappa shape index (κ2) is 4.71. The van der Waals surface area contributed by atoms with Crippen LogP contribution in [0.4, 0.5) is 9.59 Å². The topological polar surface area (TPSA) is 103 Å². The maximum atomic E-state index is 11.7. The van der Waals surface area contributed by atoms with Gasteiger partial charge in [0.1, 0.15) is 18.9 Å². The molecule has 2 aliphatic heterocycles. The van der Waals surface area contributed by atoms with Crippen molar-refractivity contribution in [1.29, 1.82) is 0 Å². The third-order valence-electron chi connectivity index (χ3n) is 3.09. The number of carbonyl (C=O) groups excluding carboxylic acids is 3. The molecule has 5 amide bonds. The minimum absolute atomic E-state index is 0.0651. The second-order valence-corrected chi connectivity index (χ2v) is 4.49. The fourth-order valence-corrected chi connectivity index (χ4v) is 1.94. The van der Waals surface area contributed by atoms with Crippen LogP contribution in [0.1, 0.15) is 20.3 Å². The van der Waals surface area contributed by atoms with Crippen LogP contribution < -0.4 is 21.3 Å². The molecule has 0 aromatic rings. The lowest BCUT2D eigenvalue weighted by Crippen LogP contribution is -2.49. The summed E-state index contributed by atoms with van der Waals surface area (Å²) in [5.41, 5.74) is 0. The van der Waals surface area contributed by atoms with Crippen molar-refractivity contribution in [3.05, 3.63) is 0 Å². The molecule has 3 atom stereocenters. The van der Waals surface area contributed by atoms with Gasteiger partial charge in [-0.3, -0.25) is 9.69 Å². The van der Waals surface area contributed by atoms with Gasteiger partial charge in [-0.05, 0) is 13.3 Å². The molecule has 0 radical (unpaired) electrons. The Hall–Kier alpha value is -1.99. The van der Waals surface area contributed by atoms with Gasteiger partial charge in [0, 0.05) is 6.04 Å². The van der Waals surface area contributed by atoms with E-state index < -0.39 is 12.3 Å². The molecule has 0 spiro atoms. The van der Waals surface area contributed by atoms with Crippen LogP contribution in [0.2, 0.25) is 0 Å². The highest BCUT2D eigenvalue weighted by Crippen LogP contribution is 2.13.